The molecule has 0 fully saturated rings. The van der Waals surface area contributed by atoms with Crippen molar-refractivity contribution in [2.75, 3.05) is 6.54 Å². The highest BCUT2D eigenvalue weighted by Crippen LogP contribution is 2.22. The lowest BCUT2D eigenvalue weighted by Gasteiger charge is -2.34. The fourth-order valence-electron chi connectivity index (χ4n) is 4.32. The number of fused-ring (bicyclic) bond motifs is 2. The van der Waals surface area contributed by atoms with Crippen molar-refractivity contribution in [3.05, 3.63) is 99.2 Å². The Morgan fingerprint density at radius 1 is 1.00 bits per heavy atom. The van der Waals surface area contributed by atoms with E-state index in [-0.39, 0.29) is 23.2 Å². The van der Waals surface area contributed by atoms with Crippen molar-refractivity contribution in [1.29, 1.82) is 0 Å². The number of hydrogen-bond donors (Lipinski definition) is 1. The van der Waals surface area contributed by atoms with Crippen LogP contribution in [0.2, 0.25) is 0 Å². The third-order valence-electron chi connectivity index (χ3n) is 5.95. The fraction of sp³-hybridized carbons (Fsp3) is 0.208. The summed E-state index contributed by atoms with van der Waals surface area (Å²) in [5.41, 5.74) is 3.62. The third kappa shape index (κ3) is 3.52. The average molecular weight is 417 g/mol. The lowest BCUT2D eigenvalue weighted by molar-refractivity contribution is -0.134. The second-order valence-electron chi connectivity index (χ2n) is 7.91. The quantitative estimate of drug-likeness (QED) is 0.695. The molecule has 2 amide bonds. The molecule has 1 atom stereocenters. The first kappa shape index (κ1) is 19.2. The molecule has 2 aliphatic rings. The number of benzene rings is 2. The lowest BCUT2D eigenvalue weighted by Crippen LogP contribution is -2.53. The van der Waals surface area contributed by atoms with Gasteiger partial charge in [0, 0.05) is 43.0 Å². The molecule has 0 bridgehead atoms. The van der Waals surface area contributed by atoms with E-state index in [1.54, 1.807) is 35.4 Å². The summed E-state index contributed by atoms with van der Waals surface area (Å²) < 4.78 is 14.7. The highest BCUT2D eigenvalue weighted by Gasteiger charge is 2.33. The SMILES string of the molecule is O=C1NC(C(=O)N2CCc3cc(=O)n(-c4ccc(F)cc4)cc3C2)Cc2ccccc21. The van der Waals surface area contributed by atoms with Gasteiger partial charge < -0.3 is 10.2 Å². The number of nitrogens with zero attached hydrogens (tertiary/aromatic N) is 2. The standard InChI is InChI=1S/C24H20FN3O3/c25-18-5-7-19(8-6-18)28-14-17-13-27(10-9-15(17)12-22(28)29)24(31)21-11-16-3-1-2-4-20(16)23(30)26-21/h1-8,12,14,21H,9-11,13H2,(H,26,30). The number of aromatic nitrogens is 1. The van der Waals surface area contributed by atoms with Crippen molar-refractivity contribution in [2.45, 2.75) is 25.4 Å². The molecule has 2 aliphatic heterocycles. The Bertz CT molecular complexity index is 1250. The van der Waals surface area contributed by atoms with Crippen molar-refractivity contribution in [3.63, 3.8) is 0 Å². The molecule has 2 aromatic carbocycles. The number of amides is 2. The Labute approximate surface area is 177 Å². The summed E-state index contributed by atoms with van der Waals surface area (Å²) in [4.78, 5) is 39.8. The molecule has 156 valence electrons. The molecule has 1 aromatic heterocycles. The molecular weight excluding hydrogens is 397 g/mol. The minimum absolute atomic E-state index is 0.131. The largest absolute Gasteiger partial charge is 0.340 e. The number of hydrogen-bond acceptors (Lipinski definition) is 3. The first-order valence-electron chi connectivity index (χ1n) is 10.2. The van der Waals surface area contributed by atoms with Crippen molar-refractivity contribution in [1.82, 2.24) is 14.8 Å². The topological polar surface area (TPSA) is 71.4 Å². The van der Waals surface area contributed by atoms with Gasteiger partial charge in [-0.3, -0.25) is 19.0 Å². The molecule has 5 rings (SSSR count). The van der Waals surface area contributed by atoms with Crippen molar-refractivity contribution < 1.29 is 14.0 Å². The molecule has 3 heterocycles. The van der Waals surface area contributed by atoms with Crippen LogP contribution in [0.3, 0.4) is 0 Å². The highest BCUT2D eigenvalue weighted by molar-refractivity contribution is 6.00. The van der Waals surface area contributed by atoms with E-state index >= 15 is 0 Å². The van der Waals surface area contributed by atoms with Crippen LogP contribution in [0, 0.1) is 5.82 Å². The van der Waals surface area contributed by atoms with Gasteiger partial charge in [-0.2, -0.15) is 0 Å². The zero-order valence-corrected chi connectivity index (χ0v) is 16.7. The van der Waals surface area contributed by atoms with Gasteiger partial charge in [0.05, 0.1) is 0 Å². The van der Waals surface area contributed by atoms with Gasteiger partial charge in [-0.15, -0.1) is 0 Å². The van der Waals surface area contributed by atoms with Crippen LogP contribution >= 0.6 is 0 Å². The summed E-state index contributed by atoms with van der Waals surface area (Å²) in [6.45, 7) is 0.837. The number of carbonyl (C=O) groups is 2. The molecule has 1 N–H and O–H groups in total. The summed E-state index contributed by atoms with van der Waals surface area (Å²) in [6.07, 6.45) is 2.75. The van der Waals surface area contributed by atoms with E-state index in [2.05, 4.69) is 5.32 Å². The van der Waals surface area contributed by atoms with Gasteiger partial charge in [0.1, 0.15) is 11.9 Å². The predicted molar refractivity (Wildman–Crippen MR) is 113 cm³/mol. The fourth-order valence-corrected chi connectivity index (χ4v) is 4.32. The summed E-state index contributed by atoms with van der Waals surface area (Å²) in [5.74, 6) is -0.738. The summed E-state index contributed by atoms with van der Waals surface area (Å²) in [7, 11) is 0. The van der Waals surface area contributed by atoms with E-state index in [1.165, 1.54) is 16.7 Å². The molecule has 0 aliphatic carbocycles. The molecule has 0 saturated heterocycles. The molecule has 7 heteroatoms. The molecule has 0 radical (unpaired) electrons. The maximum Gasteiger partial charge on any atom is 0.255 e. The van der Waals surface area contributed by atoms with Gasteiger partial charge in [0.25, 0.3) is 11.5 Å². The van der Waals surface area contributed by atoms with E-state index in [0.29, 0.717) is 37.2 Å². The normalized spacial score (nSPS) is 17.5. The third-order valence-corrected chi connectivity index (χ3v) is 5.95. The monoisotopic (exact) mass is 417 g/mol. The zero-order chi connectivity index (χ0) is 21.5. The maximum atomic E-state index is 13.3. The van der Waals surface area contributed by atoms with E-state index in [1.807, 2.05) is 18.2 Å². The minimum Gasteiger partial charge on any atom is -0.340 e. The van der Waals surface area contributed by atoms with E-state index in [0.717, 1.165) is 16.7 Å². The van der Waals surface area contributed by atoms with Crippen molar-refractivity contribution in [2.24, 2.45) is 0 Å². The van der Waals surface area contributed by atoms with Crippen LogP contribution in [0.5, 0.6) is 0 Å². The summed E-state index contributed by atoms with van der Waals surface area (Å²) in [5, 5.41) is 2.82. The van der Waals surface area contributed by atoms with Crippen molar-refractivity contribution in [3.8, 4) is 5.69 Å². The molecule has 3 aromatic rings. The van der Waals surface area contributed by atoms with E-state index in [4.69, 9.17) is 0 Å². The number of rotatable bonds is 2. The smallest absolute Gasteiger partial charge is 0.255 e. The Hall–Kier alpha value is -3.74. The minimum atomic E-state index is -0.605. The van der Waals surface area contributed by atoms with Crippen LogP contribution in [-0.4, -0.2) is 33.9 Å². The number of pyridine rings is 1. The molecule has 6 nitrogen and oxygen atoms in total. The first-order valence-corrected chi connectivity index (χ1v) is 10.2. The van der Waals surface area contributed by atoms with Gasteiger partial charge in [0.2, 0.25) is 5.91 Å². The van der Waals surface area contributed by atoms with E-state index in [9.17, 15) is 18.8 Å². The van der Waals surface area contributed by atoms with Crippen LogP contribution in [0.1, 0.15) is 27.0 Å². The Morgan fingerprint density at radius 3 is 2.58 bits per heavy atom. The van der Waals surface area contributed by atoms with Gasteiger partial charge in [-0.1, -0.05) is 18.2 Å². The second kappa shape index (κ2) is 7.50. The Kier molecular flexibility index (Phi) is 4.66. The van der Waals surface area contributed by atoms with Crippen LogP contribution in [0.4, 0.5) is 4.39 Å². The first-order chi connectivity index (χ1) is 15.0. The molecule has 1 unspecified atom stereocenters. The van der Waals surface area contributed by atoms with Gasteiger partial charge in [-0.25, -0.2) is 4.39 Å². The number of nitrogens with one attached hydrogen (secondary N) is 1. The number of carbonyl (C=O) groups excluding carboxylic acids is 2. The van der Waals surface area contributed by atoms with Gasteiger partial charge in [-0.05, 0) is 53.4 Å². The molecule has 0 spiro atoms. The number of halogens is 1. The second-order valence-corrected chi connectivity index (χ2v) is 7.91. The maximum absolute atomic E-state index is 13.3. The molecule has 31 heavy (non-hydrogen) atoms. The van der Waals surface area contributed by atoms with Gasteiger partial charge >= 0.3 is 0 Å². The average Bonchev–Trinajstić information content (AvgIpc) is 2.78. The van der Waals surface area contributed by atoms with Crippen LogP contribution in [-0.2, 0) is 24.2 Å². The van der Waals surface area contributed by atoms with Crippen LogP contribution < -0.4 is 10.9 Å². The summed E-state index contributed by atoms with van der Waals surface area (Å²) >= 11 is 0. The lowest BCUT2D eigenvalue weighted by atomic mass is 9.93. The summed E-state index contributed by atoms with van der Waals surface area (Å²) in [6, 6.07) is 14.0. The van der Waals surface area contributed by atoms with Crippen LogP contribution in [0.25, 0.3) is 5.69 Å². The highest BCUT2D eigenvalue weighted by atomic mass is 19.1. The Morgan fingerprint density at radius 2 is 1.77 bits per heavy atom. The molecular formula is C24H20FN3O3. The predicted octanol–water partition coefficient (Wildman–Crippen LogP) is 2.22. The van der Waals surface area contributed by atoms with E-state index < -0.39 is 6.04 Å². The van der Waals surface area contributed by atoms with Crippen LogP contribution in [0.15, 0.2) is 65.6 Å². The van der Waals surface area contributed by atoms with Gasteiger partial charge in [0.15, 0.2) is 0 Å². The van der Waals surface area contributed by atoms with Crippen molar-refractivity contribution >= 4 is 11.8 Å². The zero-order valence-electron chi connectivity index (χ0n) is 16.7. The molecule has 0 saturated carbocycles. The Balaban J connectivity index is 1.40.